The standard InChI is InChI=1S/C17H34O3Si/c1-9-10-11-12-13-15(14(2)16(18)19-6)20-21(7,8)17(3,4)5/h15H,2,9-13H2,1,3-8H3. The van der Waals surface area contributed by atoms with Crippen molar-refractivity contribution in [3.63, 3.8) is 0 Å². The first-order chi connectivity index (χ1) is 9.56. The van der Waals surface area contributed by atoms with Crippen molar-refractivity contribution < 1.29 is 14.0 Å². The molecule has 0 rings (SSSR count). The molecule has 3 nitrogen and oxygen atoms in total. The summed E-state index contributed by atoms with van der Waals surface area (Å²) in [5.41, 5.74) is 0.457. The van der Waals surface area contributed by atoms with Crippen LogP contribution in [0.2, 0.25) is 18.1 Å². The van der Waals surface area contributed by atoms with E-state index in [4.69, 9.17) is 9.16 Å². The molecular weight excluding hydrogens is 280 g/mol. The maximum atomic E-state index is 11.8. The van der Waals surface area contributed by atoms with Gasteiger partial charge in [-0.05, 0) is 24.6 Å². The monoisotopic (exact) mass is 314 g/mol. The van der Waals surface area contributed by atoms with Gasteiger partial charge in [0.05, 0.1) is 18.8 Å². The number of carbonyl (C=O) groups is 1. The fourth-order valence-corrected chi connectivity index (χ4v) is 3.18. The molecule has 0 heterocycles. The average molecular weight is 315 g/mol. The van der Waals surface area contributed by atoms with Crippen LogP contribution in [0.4, 0.5) is 0 Å². The Kier molecular flexibility index (Phi) is 8.48. The second kappa shape index (κ2) is 8.74. The Labute approximate surface area is 132 Å². The predicted molar refractivity (Wildman–Crippen MR) is 92.0 cm³/mol. The Morgan fingerprint density at radius 1 is 1.19 bits per heavy atom. The van der Waals surface area contributed by atoms with E-state index in [1.54, 1.807) is 0 Å². The van der Waals surface area contributed by atoms with E-state index in [1.807, 2.05) is 0 Å². The lowest BCUT2D eigenvalue weighted by Gasteiger charge is -2.39. The van der Waals surface area contributed by atoms with Crippen LogP contribution in [0.15, 0.2) is 12.2 Å². The molecule has 0 amide bonds. The molecule has 21 heavy (non-hydrogen) atoms. The zero-order valence-corrected chi connectivity index (χ0v) is 16.0. The van der Waals surface area contributed by atoms with E-state index in [1.165, 1.54) is 26.4 Å². The van der Waals surface area contributed by atoms with Gasteiger partial charge in [-0.15, -0.1) is 0 Å². The van der Waals surface area contributed by atoms with Crippen molar-refractivity contribution in [1.29, 1.82) is 0 Å². The highest BCUT2D eigenvalue weighted by atomic mass is 28.4. The van der Waals surface area contributed by atoms with E-state index in [2.05, 4.69) is 47.4 Å². The lowest BCUT2D eigenvalue weighted by Crippen LogP contribution is -2.45. The van der Waals surface area contributed by atoms with Crippen LogP contribution in [0.3, 0.4) is 0 Å². The first kappa shape index (κ1) is 20.4. The third-order valence-electron chi connectivity index (χ3n) is 4.40. The van der Waals surface area contributed by atoms with Gasteiger partial charge in [0.1, 0.15) is 0 Å². The summed E-state index contributed by atoms with van der Waals surface area (Å²) in [6.07, 6.45) is 5.28. The summed E-state index contributed by atoms with van der Waals surface area (Å²) in [5, 5.41) is 0.116. The third kappa shape index (κ3) is 6.79. The summed E-state index contributed by atoms with van der Waals surface area (Å²) in [6.45, 7) is 17.1. The maximum absolute atomic E-state index is 11.8. The number of ether oxygens (including phenoxy) is 1. The molecule has 0 aliphatic carbocycles. The second-order valence-electron chi connectivity index (χ2n) is 7.23. The van der Waals surface area contributed by atoms with Crippen molar-refractivity contribution in [1.82, 2.24) is 0 Å². The largest absolute Gasteiger partial charge is 0.466 e. The number of rotatable bonds is 9. The summed E-state index contributed by atoms with van der Waals surface area (Å²) in [5.74, 6) is -0.353. The van der Waals surface area contributed by atoms with E-state index in [9.17, 15) is 4.79 Å². The Balaban J connectivity index is 4.88. The van der Waals surface area contributed by atoms with Crippen LogP contribution in [0, 0.1) is 0 Å². The van der Waals surface area contributed by atoms with Crippen molar-refractivity contribution in [3.05, 3.63) is 12.2 Å². The van der Waals surface area contributed by atoms with Gasteiger partial charge < -0.3 is 9.16 Å². The van der Waals surface area contributed by atoms with Crippen LogP contribution in [-0.2, 0) is 14.0 Å². The minimum Gasteiger partial charge on any atom is -0.466 e. The average Bonchev–Trinajstić information content (AvgIpc) is 2.39. The van der Waals surface area contributed by atoms with Gasteiger partial charge in [0.25, 0.3) is 0 Å². The van der Waals surface area contributed by atoms with Gasteiger partial charge in [0.15, 0.2) is 8.32 Å². The quantitative estimate of drug-likeness (QED) is 0.258. The van der Waals surface area contributed by atoms with Crippen molar-refractivity contribution in [3.8, 4) is 0 Å². The smallest absolute Gasteiger partial charge is 0.335 e. The van der Waals surface area contributed by atoms with E-state index >= 15 is 0 Å². The highest BCUT2D eigenvalue weighted by Gasteiger charge is 2.40. The molecule has 0 aromatic heterocycles. The molecule has 124 valence electrons. The molecular formula is C17H34O3Si. The number of methoxy groups -OCH3 is 1. The molecule has 0 spiro atoms. The van der Waals surface area contributed by atoms with Gasteiger partial charge in [0, 0.05) is 0 Å². The predicted octanol–water partition coefficient (Wildman–Crippen LogP) is 5.08. The van der Waals surface area contributed by atoms with E-state index in [0.717, 1.165) is 12.8 Å². The van der Waals surface area contributed by atoms with E-state index < -0.39 is 8.32 Å². The molecule has 0 aromatic rings. The normalized spacial score (nSPS) is 13.9. The van der Waals surface area contributed by atoms with Crippen molar-refractivity contribution >= 4 is 14.3 Å². The first-order valence-corrected chi connectivity index (χ1v) is 10.9. The molecule has 0 saturated heterocycles. The van der Waals surface area contributed by atoms with Crippen LogP contribution in [0.1, 0.15) is 59.8 Å². The highest BCUT2D eigenvalue weighted by molar-refractivity contribution is 6.74. The zero-order chi connectivity index (χ0) is 16.7. The molecule has 0 N–H and O–H groups in total. The minimum atomic E-state index is -1.93. The summed E-state index contributed by atoms with van der Waals surface area (Å²) in [7, 11) is -0.530. The molecule has 0 fully saturated rings. The van der Waals surface area contributed by atoms with Crippen molar-refractivity contribution in [2.45, 2.75) is 84.0 Å². The van der Waals surface area contributed by atoms with Crippen molar-refractivity contribution in [2.75, 3.05) is 7.11 Å². The maximum Gasteiger partial charge on any atom is 0.335 e. The Hall–Kier alpha value is -0.613. The molecule has 0 aliphatic heterocycles. The lowest BCUT2D eigenvalue weighted by atomic mass is 10.0. The summed E-state index contributed by atoms with van der Waals surface area (Å²) < 4.78 is 11.2. The van der Waals surface area contributed by atoms with Gasteiger partial charge in [-0.1, -0.05) is 60.0 Å². The molecule has 0 saturated carbocycles. The van der Waals surface area contributed by atoms with Crippen LogP contribution in [0.5, 0.6) is 0 Å². The van der Waals surface area contributed by atoms with Gasteiger partial charge in [-0.3, -0.25) is 0 Å². The van der Waals surface area contributed by atoms with Gasteiger partial charge in [-0.25, -0.2) is 4.79 Å². The van der Waals surface area contributed by atoms with Crippen LogP contribution in [0.25, 0.3) is 0 Å². The van der Waals surface area contributed by atoms with Crippen LogP contribution in [-0.4, -0.2) is 27.5 Å². The fraction of sp³-hybridized carbons (Fsp3) is 0.824. The number of hydrogen-bond donors (Lipinski definition) is 0. The number of esters is 1. The van der Waals surface area contributed by atoms with Gasteiger partial charge >= 0.3 is 5.97 Å². The topological polar surface area (TPSA) is 35.5 Å². The first-order valence-electron chi connectivity index (χ1n) is 8.01. The van der Waals surface area contributed by atoms with E-state index in [0.29, 0.717) is 5.57 Å². The number of carbonyl (C=O) groups excluding carboxylic acids is 1. The third-order valence-corrected chi connectivity index (χ3v) is 8.89. The molecule has 0 bridgehead atoms. The molecule has 4 heteroatoms. The number of unbranched alkanes of at least 4 members (excludes halogenated alkanes) is 3. The SMILES string of the molecule is C=C(C(=O)OC)C(CCCCCC)O[Si](C)(C)C(C)(C)C. The fourth-order valence-electron chi connectivity index (χ4n) is 1.86. The molecule has 1 atom stereocenters. The second-order valence-corrected chi connectivity index (χ2v) is 12.0. The zero-order valence-electron chi connectivity index (χ0n) is 15.0. The summed E-state index contributed by atoms with van der Waals surface area (Å²) in [4.78, 5) is 11.8. The highest BCUT2D eigenvalue weighted by Crippen LogP contribution is 2.38. The lowest BCUT2D eigenvalue weighted by molar-refractivity contribution is -0.137. The number of hydrogen-bond acceptors (Lipinski definition) is 3. The summed E-state index contributed by atoms with van der Waals surface area (Å²) in [6, 6.07) is 0. The molecule has 1 unspecified atom stereocenters. The summed E-state index contributed by atoms with van der Waals surface area (Å²) >= 11 is 0. The Bertz CT molecular complexity index is 342. The van der Waals surface area contributed by atoms with Gasteiger partial charge in [0.2, 0.25) is 0 Å². The van der Waals surface area contributed by atoms with Crippen molar-refractivity contribution in [2.24, 2.45) is 0 Å². The van der Waals surface area contributed by atoms with Gasteiger partial charge in [-0.2, -0.15) is 0 Å². The molecule has 0 radical (unpaired) electrons. The molecule has 0 aromatic carbocycles. The Morgan fingerprint density at radius 3 is 2.19 bits per heavy atom. The van der Waals surface area contributed by atoms with Crippen LogP contribution < -0.4 is 0 Å². The van der Waals surface area contributed by atoms with Crippen LogP contribution >= 0.6 is 0 Å². The minimum absolute atomic E-state index is 0.116. The van der Waals surface area contributed by atoms with E-state index in [-0.39, 0.29) is 17.1 Å². The molecule has 0 aliphatic rings. The Morgan fingerprint density at radius 2 is 1.76 bits per heavy atom.